The average molecular weight is 249 g/mol. The summed E-state index contributed by atoms with van der Waals surface area (Å²) in [5.41, 5.74) is 7.39. The van der Waals surface area contributed by atoms with Gasteiger partial charge < -0.3 is 19.8 Å². The van der Waals surface area contributed by atoms with Gasteiger partial charge in [-0.15, -0.1) is 0 Å². The quantitative estimate of drug-likeness (QED) is 0.823. The predicted octanol–water partition coefficient (Wildman–Crippen LogP) is 1.19. The fraction of sp³-hybridized carbons (Fsp3) is 0.333. The number of nitrogens with zero attached hydrogens (tertiary/aromatic N) is 2. The highest BCUT2D eigenvalue weighted by atomic mass is 16.5. The number of hydrogen-bond acceptors (Lipinski definition) is 5. The van der Waals surface area contributed by atoms with Gasteiger partial charge in [-0.2, -0.15) is 0 Å². The first kappa shape index (κ1) is 12.2. The lowest BCUT2D eigenvalue weighted by Crippen LogP contribution is -2.09. The van der Waals surface area contributed by atoms with Gasteiger partial charge in [-0.3, -0.25) is 4.79 Å². The molecule has 0 aliphatic rings. The fourth-order valence-corrected chi connectivity index (χ4v) is 1.84. The van der Waals surface area contributed by atoms with Crippen LogP contribution in [-0.2, 0) is 16.1 Å². The Morgan fingerprint density at radius 2 is 2.22 bits per heavy atom. The Kier molecular flexibility index (Phi) is 3.36. The van der Waals surface area contributed by atoms with Gasteiger partial charge in [0.05, 0.1) is 26.2 Å². The molecule has 6 nitrogen and oxygen atoms in total. The van der Waals surface area contributed by atoms with Crippen LogP contribution in [-0.4, -0.2) is 29.7 Å². The summed E-state index contributed by atoms with van der Waals surface area (Å²) >= 11 is 0. The number of fused-ring (bicyclic) bond motifs is 1. The number of imidazole rings is 1. The number of aromatic nitrogens is 2. The molecule has 0 aliphatic carbocycles. The molecule has 0 saturated heterocycles. The number of ether oxygens (including phenoxy) is 2. The molecule has 0 aliphatic heterocycles. The molecule has 0 bridgehead atoms. The van der Waals surface area contributed by atoms with Crippen molar-refractivity contribution in [2.24, 2.45) is 0 Å². The number of anilines is 1. The van der Waals surface area contributed by atoms with Crippen molar-refractivity contribution in [2.45, 2.75) is 13.0 Å². The highest BCUT2D eigenvalue weighted by molar-refractivity contribution is 5.84. The van der Waals surface area contributed by atoms with Crippen molar-refractivity contribution < 1.29 is 14.3 Å². The monoisotopic (exact) mass is 249 g/mol. The Bertz CT molecular complexity index is 577. The molecule has 0 radical (unpaired) electrons. The number of nitrogens with two attached hydrogens (primary N) is 1. The lowest BCUT2D eigenvalue weighted by atomic mass is 10.3. The van der Waals surface area contributed by atoms with Gasteiger partial charge in [0.1, 0.15) is 11.3 Å². The minimum Gasteiger partial charge on any atom is -0.494 e. The zero-order valence-corrected chi connectivity index (χ0v) is 10.3. The molecule has 0 amide bonds. The number of methoxy groups -OCH3 is 2. The van der Waals surface area contributed by atoms with E-state index in [0.717, 1.165) is 5.52 Å². The molecule has 0 atom stereocenters. The molecule has 0 fully saturated rings. The van der Waals surface area contributed by atoms with Gasteiger partial charge in [0.2, 0.25) is 5.95 Å². The number of carbonyl (C=O) groups is 1. The molecule has 1 aromatic carbocycles. The Morgan fingerprint density at radius 1 is 1.44 bits per heavy atom. The number of carbonyl (C=O) groups excluding carboxylic acids is 1. The Labute approximate surface area is 104 Å². The molecule has 2 aromatic rings. The van der Waals surface area contributed by atoms with Gasteiger partial charge in [-0.25, -0.2) is 4.98 Å². The van der Waals surface area contributed by atoms with Crippen LogP contribution in [0.3, 0.4) is 0 Å². The smallest absolute Gasteiger partial charge is 0.307 e. The van der Waals surface area contributed by atoms with Gasteiger partial charge >= 0.3 is 5.97 Å². The first-order valence-corrected chi connectivity index (χ1v) is 5.53. The molecular weight excluding hydrogens is 234 g/mol. The van der Waals surface area contributed by atoms with Crippen molar-refractivity contribution in [1.29, 1.82) is 0 Å². The number of rotatable bonds is 4. The molecule has 1 heterocycles. The number of aryl methyl sites for hydroxylation is 1. The molecular formula is C12H15N3O3. The van der Waals surface area contributed by atoms with E-state index in [0.29, 0.717) is 23.8 Å². The van der Waals surface area contributed by atoms with Gasteiger partial charge in [0.25, 0.3) is 0 Å². The molecule has 6 heteroatoms. The van der Waals surface area contributed by atoms with Gasteiger partial charge in [-0.05, 0) is 12.1 Å². The van der Waals surface area contributed by atoms with Crippen molar-refractivity contribution in [3.63, 3.8) is 0 Å². The second kappa shape index (κ2) is 4.95. The molecule has 18 heavy (non-hydrogen) atoms. The van der Waals surface area contributed by atoms with E-state index >= 15 is 0 Å². The number of para-hydroxylation sites is 1. The summed E-state index contributed by atoms with van der Waals surface area (Å²) < 4.78 is 11.6. The third-order valence-corrected chi connectivity index (χ3v) is 2.76. The standard InChI is InChI=1S/C12H15N3O3/c1-17-9-5-3-4-8-11(9)14-12(13)15(8)7-6-10(16)18-2/h3-5H,6-7H2,1-2H3,(H2,13,14). The summed E-state index contributed by atoms with van der Waals surface area (Å²) in [6, 6.07) is 5.56. The van der Waals surface area contributed by atoms with Crippen LogP contribution < -0.4 is 10.5 Å². The second-order valence-corrected chi connectivity index (χ2v) is 3.78. The van der Waals surface area contributed by atoms with E-state index in [4.69, 9.17) is 10.5 Å². The Hall–Kier alpha value is -2.24. The molecule has 2 N–H and O–H groups in total. The lowest BCUT2D eigenvalue weighted by molar-refractivity contribution is -0.140. The molecule has 0 saturated carbocycles. The number of benzene rings is 1. The van der Waals surface area contributed by atoms with Gasteiger partial charge in [0.15, 0.2) is 0 Å². The number of hydrogen-bond donors (Lipinski definition) is 1. The summed E-state index contributed by atoms with van der Waals surface area (Å²) in [5, 5.41) is 0. The van der Waals surface area contributed by atoms with Crippen molar-refractivity contribution in [3.05, 3.63) is 18.2 Å². The maximum absolute atomic E-state index is 11.2. The molecule has 2 rings (SSSR count). The summed E-state index contributed by atoms with van der Waals surface area (Å²) in [7, 11) is 2.94. The van der Waals surface area contributed by atoms with Crippen LogP contribution in [0, 0.1) is 0 Å². The van der Waals surface area contributed by atoms with E-state index in [2.05, 4.69) is 9.72 Å². The van der Waals surface area contributed by atoms with Crippen LogP contribution >= 0.6 is 0 Å². The van der Waals surface area contributed by atoms with Crippen LogP contribution in [0.5, 0.6) is 5.75 Å². The van der Waals surface area contributed by atoms with E-state index in [1.165, 1.54) is 7.11 Å². The molecule has 0 unspecified atom stereocenters. The lowest BCUT2D eigenvalue weighted by Gasteiger charge is -2.05. The molecule has 96 valence electrons. The molecule has 1 aromatic heterocycles. The van der Waals surface area contributed by atoms with Crippen LogP contribution in [0.25, 0.3) is 11.0 Å². The van der Waals surface area contributed by atoms with E-state index < -0.39 is 0 Å². The largest absolute Gasteiger partial charge is 0.494 e. The number of esters is 1. The van der Waals surface area contributed by atoms with E-state index in [1.807, 2.05) is 18.2 Å². The minimum absolute atomic E-state index is 0.253. The Morgan fingerprint density at radius 3 is 2.89 bits per heavy atom. The van der Waals surface area contributed by atoms with Crippen molar-refractivity contribution in [2.75, 3.05) is 20.0 Å². The third kappa shape index (κ3) is 2.09. The topological polar surface area (TPSA) is 79.4 Å². The van der Waals surface area contributed by atoms with Crippen molar-refractivity contribution in [1.82, 2.24) is 9.55 Å². The maximum Gasteiger partial charge on any atom is 0.307 e. The highest BCUT2D eigenvalue weighted by Crippen LogP contribution is 2.26. The first-order chi connectivity index (χ1) is 8.67. The minimum atomic E-state index is -0.279. The van der Waals surface area contributed by atoms with Gasteiger partial charge in [0, 0.05) is 6.54 Å². The first-order valence-electron chi connectivity index (χ1n) is 5.53. The SMILES string of the molecule is COC(=O)CCn1c(N)nc2c(OC)cccc21. The van der Waals surface area contributed by atoms with Gasteiger partial charge in [-0.1, -0.05) is 6.07 Å². The summed E-state index contributed by atoms with van der Waals surface area (Å²) in [5.74, 6) is 0.744. The highest BCUT2D eigenvalue weighted by Gasteiger charge is 2.12. The normalized spacial score (nSPS) is 10.6. The van der Waals surface area contributed by atoms with E-state index in [9.17, 15) is 4.79 Å². The Balaban J connectivity index is 2.38. The van der Waals surface area contributed by atoms with Crippen LogP contribution in [0.4, 0.5) is 5.95 Å². The third-order valence-electron chi connectivity index (χ3n) is 2.76. The van der Waals surface area contributed by atoms with Crippen LogP contribution in [0.2, 0.25) is 0 Å². The number of nitrogen functional groups attached to an aromatic ring is 1. The summed E-state index contributed by atoms with van der Waals surface area (Å²) in [6.45, 7) is 0.433. The second-order valence-electron chi connectivity index (χ2n) is 3.78. The maximum atomic E-state index is 11.2. The predicted molar refractivity (Wildman–Crippen MR) is 67.3 cm³/mol. The fourth-order valence-electron chi connectivity index (χ4n) is 1.84. The van der Waals surface area contributed by atoms with Crippen molar-refractivity contribution in [3.8, 4) is 5.75 Å². The van der Waals surface area contributed by atoms with Crippen molar-refractivity contribution >= 4 is 23.0 Å². The zero-order chi connectivity index (χ0) is 13.1. The van der Waals surface area contributed by atoms with Crippen LogP contribution in [0.1, 0.15) is 6.42 Å². The van der Waals surface area contributed by atoms with Crippen LogP contribution in [0.15, 0.2) is 18.2 Å². The zero-order valence-electron chi connectivity index (χ0n) is 10.3. The molecule has 0 spiro atoms. The van der Waals surface area contributed by atoms with E-state index in [1.54, 1.807) is 11.7 Å². The summed E-state index contributed by atoms with van der Waals surface area (Å²) in [4.78, 5) is 15.4. The van der Waals surface area contributed by atoms with E-state index in [-0.39, 0.29) is 12.4 Å². The summed E-state index contributed by atoms with van der Waals surface area (Å²) in [6.07, 6.45) is 0.253. The average Bonchev–Trinajstić information content (AvgIpc) is 2.71.